The molecule has 1 atom stereocenters. The first-order chi connectivity index (χ1) is 6.90. The lowest BCUT2D eigenvalue weighted by molar-refractivity contribution is 0.182. The third-order valence-corrected chi connectivity index (χ3v) is 3.40. The van der Waals surface area contributed by atoms with Gasteiger partial charge in [0.05, 0.1) is 6.61 Å². The van der Waals surface area contributed by atoms with Crippen molar-refractivity contribution in [2.75, 3.05) is 32.8 Å². The minimum Gasteiger partial charge on any atom is -0.395 e. The SMILES string of the molecule is OCCN1CCC[C@H]1CNCC1CC1. The maximum absolute atomic E-state index is 8.91. The molecule has 2 rings (SSSR count). The normalized spacial score (nSPS) is 28.5. The van der Waals surface area contributed by atoms with Crippen LogP contribution in [0.5, 0.6) is 0 Å². The zero-order chi connectivity index (χ0) is 9.80. The van der Waals surface area contributed by atoms with Crippen LogP contribution in [0.15, 0.2) is 0 Å². The van der Waals surface area contributed by atoms with Gasteiger partial charge in [0.15, 0.2) is 0 Å². The summed E-state index contributed by atoms with van der Waals surface area (Å²) < 4.78 is 0. The van der Waals surface area contributed by atoms with Crippen LogP contribution in [-0.4, -0.2) is 48.8 Å². The van der Waals surface area contributed by atoms with Gasteiger partial charge in [0.2, 0.25) is 0 Å². The van der Waals surface area contributed by atoms with Gasteiger partial charge < -0.3 is 10.4 Å². The molecule has 2 N–H and O–H groups in total. The largest absolute Gasteiger partial charge is 0.395 e. The molecule has 3 nitrogen and oxygen atoms in total. The molecule has 3 heteroatoms. The van der Waals surface area contributed by atoms with Gasteiger partial charge in [0.1, 0.15) is 0 Å². The quantitative estimate of drug-likeness (QED) is 0.650. The van der Waals surface area contributed by atoms with Gasteiger partial charge >= 0.3 is 0 Å². The predicted molar refractivity (Wildman–Crippen MR) is 57.3 cm³/mol. The van der Waals surface area contributed by atoms with Crippen molar-refractivity contribution >= 4 is 0 Å². The van der Waals surface area contributed by atoms with Crippen LogP contribution >= 0.6 is 0 Å². The van der Waals surface area contributed by atoms with Crippen LogP contribution in [0.3, 0.4) is 0 Å². The van der Waals surface area contributed by atoms with E-state index < -0.39 is 0 Å². The smallest absolute Gasteiger partial charge is 0.0558 e. The highest BCUT2D eigenvalue weighted by atomic mass is 16.3. The van der Waals surface area contributed by atoms with E-state index in [1.54, 1.807) is 0 Å². The fraction of sp³-hybridized carbons (Fsp3) is 1.00. The Morgan fingerprint density at radius 3 is 2.79 bits per heavy atom. The summed E-state index contributed by atoms with van der Waals surface area (Å²) in [7, 11) is 0. The second-order valence-corrected chi connectivity index (χ2v) is 4.66. The van der Waals surface area contributed by atoms with Crippen molar-refractivity contribution in [3.8, 4) is 0 Å². The van der Waals surface area contributed by atoms with E-state index in [2.05, 4.69) is 10.2 Å². The molecule has 0 aromatic heterocycles. The molecular formula is C11H22N2O. The molecule has 14 heavy (non-hydrogen) atoms. The van der Waals surface area contributed by atoms with Crippen LogP contribution in [-0.2, 0) is 0 Å². The van der Waals surface area contributed by atoms with Gasteiger partial charge in [-0.15, -0.1) is 0 Å². The number of hydrogen-bond acceptors (Lipinski definition) is 3. The Bertz CT molecular complexity index is 171. The Balaban J connectivity index is 1.61. The number of rotatable bonds is 6. The van der Waals surface area contributed by atoms with Crippen molar-refractivity contribution < 1.29 is 5.11 Å². The Morgan fingerprint density at radius 1 is 1.21 bits per heavy atom. The van der Waals surface area contributed by atoms with E-state index in [9.17, 15) is 0 Å². The molecule has 1 aliphatic carbocycles. The molecule has 2 aliphatic rings. The van der Waals surface area contributed by atoms with Crippen LogP contribution < -0.4 is 5.32 Å². The van der Waals surface area contributed by atoms with Gasteiger partial charge in [-0.2, -0.15) is 0 Å². The highest BCUT2D eigenvalue weighted by Crippen LogP contribution is 2.27. The van der Waals surface area contributed by atoms with Crippen LogP contribution in [0, 0.1) is 5.92 Å². The van der Waals surface area contributed by atoms with Crippen molar-refractivity contribution in [3.05, 3.63) is 0 Å². The van der Waals surface area contributed by atoms with E-state index in [4.69, 9.17) is 5.11 Å². The maximum Gasteiger partial charge on any atom is 0.0558 e. The average Bonchev–Trinajstić information content (AvgIpc) is 2.89. The van der Waals surface area contributed by atoms with Gasteiger partial charge in [-0.1, -0.05) is 0 Å². The second kappa shape index (κ2) is 5.10. The van der Waals surface area contributed by atoms with Crippen LogP contribution in [0.25, 0.3) is 0 Å². The first-order valence-electron chi connectivity index (χ1n) is 5.96. The molecule has 1 saturated carbocycles. The third-order valence-electron chi connectivity index (χ3n) is 3.40. The van der Waals surface area contributed by atoms with E-state index in [0.29, 0.717) is 12.6 Å². The lowest BCUT2D eigenvalue weighted by atomic mass is 10.2. The minimum atomic E-state index is 0.305. The summed E-state index contributed by atoms with van der Waals surface area (Å²) in [4.78, 5) is 2.42. The molecule has 0 bridgehead atoms. The van der Waals surface area contributed by atoms with Crippen LogP contribution in [0.2, 0.25) is 0 Å². The standard InChI is InChI=1S/C11H22N2O/c14-7-6-13-5-1-2-11(13)9-12-8-10-3-4-10/h10-12,14H,1-9H2/t11-/m0/s1. The molecular weight excluding hydrogens is 176 g/mol. The van der Waals surface area contributed by atoms with Crippen molar-refractivity contribution in [3.63, 3.8) is 0 Å². The lowest BCUT2D eigenvalue weighted by Gasteiger charge is -2.23. The van der Waals surface area contributed by atoms with Crippen molar-refractivity contribution in [1.82, 2.24) is 10.2 Å². The molecule has 1 heterocycles. The van der Waals surface area contributed by atoms with Crippen molar-refractivity contribution in [2.24, 2.45) is 5.92 Å². The van der Waals surface area contributed by atoms with Gasteiger partial charge in [0, 0.05) is 19.1 Å². The summed E-state index contributed by atoms with van der Waals surface area (Å²) in [5, 5.41) is 12.5. The molecule has 0 amide bonds. The molecule has 0 aromatic carbocycles. The lowest BCUT2D eigenvalue weighted by Crippen LogP contribution is -2.39. The first-order valence-corrected chi connectivity index (χ1v) is 5.96. The van der Waals surface area contributed by atoms with E-state index in [-0.39, 0.29) is 0 Å². The number of likely N-dealkylation sites (tertiary alicyclic amines) is 1. The minimum absolute atomic E-state index is 0.305. The van der Waals surface area contributed by atoms with Gasteiger partial charge in [-0.05, 0) is 44.7 Å². The Hall–Kier alpha value is -0.120. The fourth-order valence-electron chi connectivity index (χ4n) is 2.33. The van der Waals surface area contributed by atoms with E-state index in [1.807, 2.05) is 0 Å². The zero-order valence-electron chi connectivity index (χ0n) is 8.91. The number of aliphatic hydroxyl groups excluding tert-OH is 1. The summed E-state index contributed by atoms with van der Waals surface area (Å²) in [5.41, 5.74) is 0. The molecule has 0 unspecified atom stereocenters. The molecule has 1 saturated heterocycles. The first kappa shape index (κ1) is 10.4. The molecule has 0 spiro atoms. The molecule has 82 valence electrons. The third kappa shape index (κ3) is 2.94. The fourth-order valence-corrected chi connectivity index (χ4v) is 2.33. The van der Waals surface area contributed by atoms with E-state index in [1.165, 1.54) is 38.8 Å². The second-order valence-electron chi connectivity index (χ2n) is 4.66. The highest BCUT2D eigenvalue weighted by molar-refractivity contribution is 4.82. The number of aliphatic hydroxyl groups is 1. The number of hydrogen-bond donors (Lipinski definition) is 2. The van der Waals surface area contributed by atoms with Gasteiger partial charge in [-0.25, -0.2) is 0 Å². The van der Waals surface area contributed by atoms with Gasteiger partial charge in [-0.3, -0.25) is 4.90 Å². The number of nitrogens with one attached hydrogen (secondary N) is 1. The van der Waals surface area contributed by atoms with Crippen LogP contribution in [0.4, 0.5) is 0 Å². The summed E-state index contributed by atoms with van der Waals surface area (Å²) in [6.45, 7) is 4.67. The zero-order valence-corrected chi connectivity index (χ0v) is 8.91. The summed E-state index contributed by atoms with van der Waals surface area (Å²) >= 11 is 0. The van der Waals surface area contributed by atoms with Crippen molar-refractivity contribution in [1.29, 1.82) is 0 Å². The predicted octanol–water partition coefficient (Wildman–Crippen LogP) is 0.443. The Morgan fingerprint density at radius 2 is 2.07 bits per heavy atom. The van der Waals surface area contributed by atoms with Gasteiger partial charge in [0.25, 0.3) is 0 Å². The average molecular weight is 198 g/mol. The molecule has 2 fully saturated rings. The summed E-state index contributed by atoms with van der Waals surface area (Å²) in [6, 6.07) is 0.681. The van der Waals surface area contributed by atoms with E-state index >= 15 is 0 Å². The summed E-state index contributed by atoms with van der Waals surface area (Å²) in [6.07, 6.45) is 5.46. The van der Waals surface area contributed by atoms with Crippen molar-refractivity contribution in [2.45, 2.75) is 31.7 Å². The Labute approximate surface area is 86.5 Å². The number of β-amino-alcohol motifs (C(OH)–C–C–N with tert-alkyl or cyclic N) is 1. The summed E-state index contributed by atoms with van der Waals surface area (Å²) in [5.74, 6) is 0.975. The number of nitrogens with zero attached hydrogens (tertiary/aromatic N) is 1. The maximum atomic E-state index is 8.91. The molecule has 1 aliphatic heterocycles. The molecule has 0 aromatic rings. The topological polar surface area (TPSA) is 35.5 Å². The monoisotopic (exact) mass is 198 g/mol. The Kier molecular flexibility index (Phi) is 3.79. The van der Waals surface area contributed by atoms with E-state index in [0.717, 1.165) is 19.0 Å². The highest BCUT2D eigenvalue weighted by Gasteiger charge is 2.25. The molecule has 0 radical (unpaired) electrons. The van der Waals surface area contributed by atoms with Crippen LogP contribution in [0.1, 0.15) is 25.7 Å².